The van der Waals surface area contributed by atoms with Gasteiger partial charge in [-0.25, -0.2) is 4.98 Å². The van der Waals surface area contributed by atoms with Crippen LogP contribution in [0.3, 0.4) is 0 Å². The number of hydrogen-bond acceptors (Lipinski definition) is 4. The molecule has 2 N–H and O–H groups in total. The van der Waals surface area contributed by atoms with Crippen molar-refractivity contribution >= 4 is 42.1 Å². The molecule has 0 aliphatic heterocycles. The maximum absolute atomic E-state index is 11.3. The van der Waals surface area contributed by atoms with Gasteiger partial charge >= 0.3 is 0 Å². The predicted molar refractivity (Wildman–Crippen MR) is 81.3 cm³/mol. The minimum atomic E-state index is 0. The zero-order chi connectivity index (χ0) is 12.0. The van der Waals surface area contributed by atoms with Crippen LogP contribution in [0, 0.1) is 13.8 Å². The number of rotatable bonds is 6. The Morgan fingerprint density at radius 2 is 1.94 bits per heavy atom. The van der Waals surface area contributed by atoms with Gasteiger partial charge in [0.2, 0.25) is 5.91 Å². The van der Waals surface area contributed by atoms with Gasteiger partial charge in [-0.1, -0.05) is 0 Å². The van der Waals surface area contributed by atoms with E-state index in [4.69, 9.17) is 0 Å². The van der Waals surface area contributed by atoms with Crippen molar-refractivity contribution in [1.82, 2.24) is 15.6 Å². The van der Waals surface area contributed by atoms with Gasteiger partial charge < -0.3 is 10.6 Å². The van der Waals surface area contributed by atoms with Crippen molar-refractivity contribution in [2.24, 2.45) is 0 Å². The van der Waals surface area contributed by atoms with Crippen LogP contribution in [0.25, 0.3) is 0 Å². The molecule has 0 saturated heterocycles. The summed E-state index contributed by atoms with van der Waals surface area (Å²) in [5.41, 5.74) is 1.10. The summed E-state index contributed by atoms with van der Waals surface area (Å²) < 4.78 is 0. The zero-order valence-corrected chi connectivity index (χ0v) is 13.4. The first kappa shape index (κ1) is 20.0. The number of carbonyl (C=O) groups excluding carboxylic acids is 1. The number of nitrogens with zero attached hydrogens (tertiary/aromatic N) is 1. The number of halogens is 2. The first-order valence-corrected chi connectivity index (χ1v) is 6.29. The second kappa shape index (κ2) is 10.6. The molecule has 7 heteroatoms. The fourth-order valence-corrected chi connectivity index (χ4v) is 2.22. The smallest absolute Gasteiger partial charge is 0.221 e. The van der Waals surface area contributed by atoms with E-state index < -0.39 is 0 Å². The van der Waals surface area contributed by atoms with Gasteiger partial charge in [0.1, 0.15) is 0 Å². The molecule has 1 aromatic heterocycles. The third kappa shape index (κ3) is 7.16. The normalized spacial score (nSPS) is 9.28. The molecule has 1 rings (SSSR count). The number of thiazole rings is 1. The molecule has 1 amide bonds. The second-order valence-corrected chi connectivity index (χ2v) is 4.99. The summed E-state index contributed by atoms with van der Waals surface area (Å²) in [4.78, 5) is 17.0. The van der Waals surface area contributed by atoms with E-state index in [1.165, 1.54) is 4.88 Å². The molecule has 18 heavy (non-hydrogen) atoms. The van der Waals surface area contributed by atoms with Gasteiger partial charge in [0.15, 0.2) is 0 Å². The van der Waals surface area contributed by atoms with Crippen LogP contribution in [0.4, 0.5) is 0 Å². The standard InChI is InChI=1S/C11H19N3OS.2ClH/c1-8-9(2)16-11(14-8)5-7-13-10(15)4-6-12-3;;/h12H,4-7H2,1-3H3,(H,13,15);2*1H. The number of carbonyl (C=O) groups is 1. The summed E-state index contributed by atoms with van der Waals surface area (Å²) in [5, 5.41) is 6.93. The van der Waals surface area contributed by atoms with E-state index >= 15 is 0 Å². The maximum Gasteiger partial charge on any atom is 0.221 e. The van der Waals surface area contributed by atoms with E-state index in [1.54, 1.807) is 11.3 Å². The molecule has 0 fully saturated rings. The van der Waals surface area contributed by atoms with Crippen molar-refractivity contribution in [3.8, 4) is 0 Å². The lowest BCUT2D eigenvalue weighted by atomic mass is 10.3. The van der Waals surface area contributed by atoms with E-state index in [2.05, 4.69) is 22.5 Å². The summed E-state index contributed by atoms with van der Waals surface area (Å²) in [7, 11) is 1.84. The number of nitrogens with one attached hydrogen (secondary N) is 2. The lowest BCUT2D eigenvalue weighted by Crippen LogP contribution is -2.28. The monoisotopic (exact) mass is 313 g/mol. The van der Waals surface area contributed by atoms with Gasteiger partial charge in [-0.2, -0.15) is 0 Å². The molecular weight excluding hydrogens is 293 g/mol. The molecule has 0 aliphatic carbocycles. The maximum atomic E-state index is 11.3. The Balaban J connectivity index is 0. The lowest BCUT2D eigenvalue weighted by Gasteiger charge is -2.02. The van der Waals surface area contributed by atoms with Crippen molar-refractivity contribution < 1.29 is 4.79 Å². The molecule has 0 aliphatic rings. The van der Waals surface area contributed by atoms with Crippen molar-refractivity contribution in [3.63, 3.8) is 0 Å². The van der Waals surface area contributed by atoms with Gasteiger partial charge in [0.25, 0.3) is 0 Å². The van der Waals surface area contributed by atoms with Crippen LogP contribution < -0.4 is 10.6 Å². The highest BCUT2D eigenvalue weighted by atomic mass is 35.5. The van der Waals surface area contributed by atoms with Gasteiger partial charge in [0.05, 0.1) is 10.7 Å². The van der Waals surface area contributed by atoms with E-state index in [0.717, 1.165) is 23.7 Å². The highest BCUT2D eigenvalue weighted by molar-refractivity contribution is 7.11. The third-order valence-electron chi connectivity index (χ3n) is 2.34. The van der Waals surface area contributed by atoms with E-state index in [1.807, 2.05) is 14.0 Å². The number of aryl methyl sites for hydroxylation is 2. The van der Waals surface area contributed by atoms with Crippen LogP contribution in [-0.2, 0) is 11.2 Å². The average molecular weight is 314 g/mol. The fourth-order valence-electron chi connectivity index (χ4n) is 1.28. The van der Waals surface area contributed by atoms with E-state index in [0.29, 0.717) is 13.0 Å². The van der Waals surface area contributed by atoms with Crippen molar-refractivity contribution in [2.45, 2.75) is 26.7 Å². The van der Waals surface area contributed by atoms with Crippen LogP contribution in [0.1, 0.15) is 22.0 Å². The molecule has 0 saturated carbocycles. The van der Waals surface area contributed by atoms with Gasteiger partial charge in [-0.15, -0.1) is 36.2 Å². The van der Waals surface area contributed by atoms with E-state index in [9.17, 15) is 4.79 Å². The Hall–Kier alpha value is -0.360. The number of aromatic nitrogens is 1. The lowest BCUT2D eigenvalue weighted by molar-refractivity contribution is -0.120. The fraction of sp³-hybridized carbons (Fsp3) is 0.636. The van der Waals surface area contributed by atoms with Crippen LogP contribution in [0.2, 0.25) is 0 Å². The molecule has 1 heterocycles. The Kier molecular flexibility index (Phi) is 11.7. The Bertz CT molecular complexity index is 339. The molecule has 106 valence electrons. The Morgan fingerprint density at radius 3 is 2.44 bits per heavy atom. The molecule has 4 nitrogen and oxygen atoms in total. The molecule has 0 radical (unpaired) electrons. The highest BCUT2D eigenvalue weighted by Crippen LogP contribution is 2.16. The van der Waals surface area contributed by atoms with Crippen LogP contribution in [0.5, 0.6) is 0 Å². The summed E-state index contributed by atoms with van der Waals surface area (Å²) in [5.74, 6) is 0.0966. The molecule has 0 unspecified atom stereocenters. The Labute approximate surface area is 125 Å². The minimum absolute atomic E-state index is 0. The van der Waals surface area contributed by atoms with Crippen molar-refractivity contribution in [2.75, 3.05) is 20.1 Å². The largest absolute Gasteiger partial charge is 0.356 e. The number of hydrogen-bond donors (Lipinski definition) is 2. The van der Waals surface area contributed by atoms with Crippen molar-refractivity contribution in [3.05, 3.63) is 15.6 Å². The summed E-state index contributed by atoms with van der Waals surface area (Å²) in [6.07, 6.45) is 1.36. The predicted octanol–water partition coefficient (Wildman–Crippen LogP) is 1.87. The van der Waals surface area contributed by atoms with Gasteiger partial charge in [-0.05, 0) is 20.9 Å². The first-order valence-electron chi connectivity index (χ1n) is 5.47. The SMILES string of the molecule is CNCCC(=O)NCCc1nc(C)c(C)s1.Cl.Cl. The van der Waals surface area contributed by atoms with Crippen LogP contribution >= 0.6 is 36.2 Å². The minimum Gasteiger partial charge on any atom is -0.356 e. The van der Waals surface area contributed by atoms with Crippen LogP contribution in [0.15, 0.2) is 0 Å². The third-order valence-corrected chi connectivity index (χ3v) is 3.47. The first-order chi connectivity index (χ1) is 7.63. The van der Waals surface area contributed by atoms with Gasteiger partial charge in [-0.3, -0.25) is 4.79 Å². The van der Waals surface area contributed by atoms with E-state index in [-0.39, 0.29) is 30.7 Å². The topological polar surface area (TPSA) is 54.0 Å². The Morgan fingerprint density at radius 1 is 1.28 bits per heavy atom. The molecule has 0 atom stereocenters. The van der Waals surface area contributed by atoms with Crippen molar-refractivity contribution in [1.29, 1.82) is 0 Å². The molecule has 0 spiro atoms. The molecule has 0 bridgehead atoms. The van der Waals surface area contributed by atoms with Gasteiger partial charge in [0, 0.05) is 30.8 Å². The summed E-state index contributed by atoms with van der Waals surface area (Å²) in [6, 6.07) is 0. The second-order valence-electron chi connectivity index (χ2n) is 3.70. The molecule has 1 aromatic rings. The summed E-state index contributed by atoms with van der Waals surface area (Å²) in [6.45, 7) is 5.49. The highest BCUT2D eigenvalue weighted by Gasteiger charge is 2.04. The molecular formula is C11H21Cl2N3OS. The quantitative estimate of drug-likeness (QED) is 0.843. The number of amides is 1. The average Bonchev–Trinajstić information content (AvgIpc) is 2.55. The molecule has 0 aromatic carbocycles. The summed E-state index contributed by atoms with van der Waals surface area (Å²) >= 11 is 1.71. The van der Waals surface area contributed by atoms with Crippen LogP contribution in [-0.4, -0.2) is 31.0 Å². The zero-order valence-electron chi connectivity index (χ0n) is 10.9.